The summed E-state index contributed by atoms with van der Waals surface area (Å²) in [6, 6.07) is 48.9. The summed E-state index contributed by atoms with van der Waals surface area (Å²) in [5, 5.41) is 4.72. The predicted molar refractivity (Wildman–Crippen MR) is 189 cm³/mol. The van der Waals surface area contributed by atoms with Crippen molar-refractivity contribution in [2.75, 3.05) is 0 Å². The topological polar surface area (TPSA) is 48.5 Å². The molecule has 0 aliphatic heterocycles. The summed E-state index contributed by atoms with van der Waals surface area (Å²) in [6.07, 6.45) is 0. The lowest BCUT2D eigenvalue weighted by Crippen LogP contribution is -2.06. The van der Waals surface area contributed by atoms with Gasteiger partial charge in [0.15, 0.2) is 11.6 Å². The van der Waals surface area contributed by atoms with E-state index in [9.17, 15) is 0 Å². The zero-order valence-corrected chi connectivity index (χ0v) is 25.5. The third-order valence-corrected chi connectivity index (χ3v) is 8.87. The van der Waals surface area contributed by atoms with Gasteiger partial charge in [-0.05, 0) is 56.3 Å². The maximum atomic E-state index is 5.20. The van der Waals surface area contributed by atoms with Crippen LogP contribution in [-0.4, -0.2) is 24.1 Å². The fraction of sp³-hybridized carbons (Fsp3) is 0.0488. The normalized spacial score (nSPS) is 11.7. The molecule has 5 heteroatoms. The van der Waals surface area contributed by atoms with E-state index in [0.717, 1.165) is 38.9 Å². The highest BCUT2D eigenvalue weighted by Gasteiger charge is 2.23. The summed E-state index contributed by atoms with van der Waals surface area (Å²) in [5.74, 6) is 1.87. The number of aryl methyl sites for hydroxylation is 2. The van der Waals surface area contributed by atoms with Crippen LogP contribution in [-0.2, 0) is 0 Å². The molecule has 0 atom stereocenters. The second-order valence-electron chi connectivity index (χ2n) is 11.9. The Bertz CT molecular complexity index is 2520. The van der Waals surface area contributed by atoms with Crippen LogP contribution in [0.4, 0.5) is 0 Å². The van der Waals surface area contributed by atoms with Crippen LogP contribution in [0, 0.1) is 13.8 Å². The average molecular weight is 592 g/mol. The van der Waals surface area contributed by atoms with Crippen molar-refractivity contribution in [3.05, 3.63) is 151 Å². The molecule has 5 nitrogen and oxygen atoms in total. The minimum absolute atomic E-state index is 0.595. The van der Waals surface area contributed by atoms with Gasteiger partial charge in [-0.25, -0.2) is 4.98 Å². The van der Waals surface area contributed by atoms with Crippen LogP contribution >= 0.6 is 0 Å². The van der Waals surface area contributed by atoms with Gasteiger partial charge in [-0.2, -0.15) is 9.97 Å². The lowest BCUT2D eigenvalue weighted by molar-refractivity contribution is 0.955. The summed E-state index contributed by atoms with van der Waals surface area (Å²) in [4.78, 5) is 15.4. The monoisotopic (exact) mass is 591 g/mol. The second-order valence-corrected chi connectivity index (χ2v) is 11.9. The largest absolute Gasteiger partial charge is 0.309 e. The van der Waals surface area contributed by atoms with Gasteiger partial charge in [0.05, 0.1) is 22.1 Å². The number of nitrogens with zero attached hydrogens (tertiary/aromatic N) is 5. The zero-order valence-electron chi connectivity index (χ0n) is 25.5. The number of rotatable bonds is 4. The first-order valence-corrected chi connectivity index (χ1v) is 15.6. The van der Waals surface area contributed by atoms with Gasteiger partial charge in [0.1, 0.15) is 0 Å². The minimum Gasteiger partial charge on any atom is -0.309 e. The number of aromatic nitrogens is 5. The smallest absolute Gasteiger partial charge is 0.238 e. The van der Waals surface area contributed by atoms with Gasteiger partial charge in [-0.3, -0.25) is 4.57 Å². The summed E-state index contributed by atoms with van der Waals surface area (Å²) in [6.45, 7) is 4.31. The summed E-state index contributed by atoms with van der Waals surface area (Å²) in [7, 11) is 0. The first-order valence-electron chi connectivity index (χ1n) is 15.6. The predicted octanol–water partition coefficient (Wildman–Crippen LogP) is 10.0. The number of benzene rings is 6. The molecule has 0 amide bonds. The van der Waals surface area contributed by atoms with Crippen LogP contribution in [0.25, 0.3) is 78.0 Å². The van der Waals surface area contributed by atoms with Gasteiger partial charge < -0.3 is 4.57 Å². The number of para-hydroxylation sites is 1. The lowest BCUT2D eigenvalue weighted by Gasteiger charge is -2.12. The second kappa shape index (κ2) is 10.2. The summed E-state index contributed by atoms with van der Waals surface area (Å²) in [5.41, 5.74) is 9.90. The standard InChI is InChI=1S/C41H29N5/c1-26-18-21-34-32(24-26)31-20-23-36-37(33-25-27(2)19-22-35(33)45(36)30-16-10-5-11-17-30)38(31)46(34)41-43-39(28-12-6-3-7-13-28)42-40(44-41)29-14-8-4-9-15-29/h3-25H,1-2H3. The fourth-order valence-corrected chi connectivity index (χ4v) is 6.80. The molecule has 0 aliphatic carbocycles. The van der Waals surface area contributed by atoms with Crippen molar-refractivity contribution >= 4 is 43.6 Å². The molecule has 0 saturated carbocycles. The van der Waals surface area contributed by atoms with Crippen LogP contribution in [0.15, 0.2) is 140 Å². The molecule has 218 valence electrons. The van der Waals surface area contributed by atoms with Crippen molar-refractivity contribution in [1.29, 1.82) is 0 Å². The van der Waals surface area contributed by atoms with E-state index >= 15 is 0 Å². The first kappa shape index (κ1) is 26.3. The van der Waals surface area contributed by atoms with Gasteiger partial charge in [-0.15, -0.1) is 0 Å². The molecular formula is C41H29N5. The van der Waals surface area contributed by atoms with E-state index in [0.29, 0.717) is 17.6 Å². The average Bonchev–Trinajstić information content (AvgIpc) is 3.61. The van der Waals surface area contributed by atoms with E-state index in [4.69, 9.17) is 15.0 Å². The Kier molecular flexibility index (Phi) is 5.87. The molecule has 9 aromatic rings. The van der Waals surface area contributed by atoms with E-state index in [2.05, 4.69) is 126 Å². The van der Waals surface area contributed by atoms with E-state index in [1.807, 2.05) is 36.4 Å². The Hall–Kier alpha value is -6.07. The van der Waals surface area contributed by atoms with Gasteiger partial charge in [0.25, 0.3) is 0 Å². The van der Waals surface area contributed by atoms with Crippen LogP contribution in [0.2, 0.25) is 0 Å². The highest BCUT2D eigenvalue weighted by atomic mass is 15.2. The molecule has 46 heavy (non-hydrogen) atoms. The third-order valence-electron chi connectivity index (χ3n) is 8.87. The summed E-state index contributed by atoms with van der Waals surface area (Å²) >= 11 is 0. The highest BCUT2D eigenvalue weighted by Crippen LogP contribution is 2.42. The molecular weight excluding hydrogens is 562 g/mol. The fourth-order valence-electron chi connectivity index (χ4n) is 6.80. The Morgan fingerprint density at radius 1 is 0.435 bits per heavy atom. The molecule has 0 N–H and O–H groups in total. The third kappa shape index (κ3) is 4.06. The highest BCUT2D eigenvalue weighted by molar-refractivity contribution is 6.26. The molecule has 0 spiro atoms. The van der Waals surface area contributed by atoms with Crippen LogP contribution in [0.1, 0.15) is 11.1 Å². The molecule has 9 rings (SSSR count). The maximum Gasteiger partial charge on any atom is 0.238 e. The van der Waals surface area contributed by atoms with E-state index < -0.39 is 0 Å². The minimum atomic E-state index is 0.595. The quantitative estimate of drug-likeness (QED) is 0.205. The Morgan fingerprint density at radius 3 is 1.57 bits per heavy atom. The van der Waals surface area contributed by atoms with Crippen LogP contribution in [0.5, 0.6) is 0 Å². The van der Waals surface area contributed by atoms with E-state index in [1.165, 1.54) is 32.7 Å². The molecule has 0 aliphatic rings. The molecule has 3 heterocycles. The SMILES string of the molecule is Cc1ccc2c(c1)c1c(ccc3c4cc(C)ccc4n(-c4nc(-c5ccccc5)nc(-c5ccccc5)n4)c31)n2-c1ccccc1. The van der Waals surface area contributed by atoms with Crippen LogP contribution < -0.4 is 0 Å². The Balaban J connectivity index is 1.48. The molecule has 0 saturated heterocycles. The molecule has 0 bridgehead atoms. The molecule has 6 aromatic carbocycles. The van der Waals surface area contributed by atoms with Gasteiger partial charge in [0, 0.05) is 38.4 Å². The van der Waals surface area contributed by atoms with Crippen molar-refractivity contribution in [2.24, 2.45) is 0 Å². The first-order chi connectivity index (χ1) is 22.6. The lowest BCUT2D eigenvalue weighted by atomic mass is 10.1. The van der Waals surface area contributed by atoms with Crippen molar-refractivity contribution in [1.82, 2.24) is 24.1 Å². The summed E-state index contributed by atoms with van der Waals surface area (Å²) < 4.78 is 4.62. The van der Waals surface area contributed by atoms with Crippen molar-refractivity contribution in [3.63, 3.8) is 0 Å². The number of hydrogen-bond donors (Lipinski definition) is 0. The van der Waals surface area contributed by atoms with E-state index in [-0.39, 0.29) is 0 Å². The van der Waals surface area contributed by atoms with Crippen molar-refractivity contribution in [3.8, 4) is 34.4 Å². The number of hydrogen-bond acceptors (Lipinski definition) is 3. The molecule has 0 radical (unpaired) electrons. The van der Waals surface area contributed by atoms with Crippen LogP contribution in [0.3, 0.4) is 0 Å². The Labute approximate surface area is 266 Å². The van der Waals surface area contributed by atoms with Gasteiger partial charge in [-0.1, -0.05) is 108 Å². The molecule has 3 aromatic heterocycles. The van der Waals surface area contributed by atoms with Gasteiger partial charge in [0.2, 0.25) is 5.95 Å². The molecule has 0 fully saturated rings. The number of fused-ring (bicyclic) bond motifs is 7. The maximum absolute atomic E-state index is 5.20. The van der Waals surface area contributed by atoms with E-state index in [1.54, 1.807) is 0 Å². The van der Waals surface area contributed by atoms with Crippen molar-refractivity contribution in [2.45, 2.75) is 13.8 Å². The van der Waals surface area contributed by atoms with Crippen molar-refractivity contribution < 1.29 is 0 Å². The molecule has 0 unspecified atom stereocenters. The zero-order chi connectivity index (χ0) is 30.8. The van der Waals surface area contributed by atoms with Gasteiger partial charge >= 0.3 is 0 Å². The Morgan fingerprint density at radius 2 is 0.957 bits per heavy atom.